The predicted molar refractivity (Wildman–Crippen MR) is 59.9 cm³/mol. The Morgan fingerprint density at radius 2 is 1.38 bits per heavy atom. The molecule has 1 fully saturated rings. The van der Waals surface area contributed by atoms with Crippen LogP contribution in [-0.4, -0.2) is 34.1 Å². The van der Waals surface area contributed by atoms with Crippen LogP contribution in [0.5, 0.6) is 0 Å². The molecule has 21 heavy (non-hydrogen) atoms. The molecule has 1 aliphatic carbocycles. The van der Waals surface area contributed by atoms with Crippen molar-refractivity contribution in [1.82, 2.24) is 0 Å². The third-order valence-electron chi connectivity index (χ3n) is 4.93. The maximum Gasteiger partial charge on any atom is 3.00 e. The van der Waals surface area contributed by atoms with Crippen molar-refractivity contribution in [2.75, 3.05) is 0 Å². The van der Waals surface area contributed by atoms with Crippen molar-refractivity contribution >= 4 is 17.7 Å². The molecule has 0 aromatic heterocycles. The first-order valence-corrected chi connectivity index (χ1v) is 5.83. The van der Waals surface area contributed by atoms with E-state index in [4.69, 9.17) is 0 Å². The number of halogens is 3. The first-order chi connectivity index (χ1) is 8.75. The summed E-state index contributed by atoms with van der Waals surface area (Å²) in [6, 6.07) is 0. The molecular weight excluding hydrogens is 454 g/mol. The summed E-state index contributed by atoms with van der Waals surface area (Å²) < 4.78 is 38.2. The molecule has 0 aromatic rings. The van der Waals surface area contributed by atoms with Gasteiger partial charge in [-0.15, -0.1) is 0 Å². The molecule has 1 saturated carbocycles. The third-order valence-corrected chi connectivity index (χ3v) is 4.93. The number of rotatable bonds is 3. The van der Waals surface area contributed by atoms with Crippen molar-refractivity contribution in [2.45, 2.75) is 39.8 Å². The van der Waals surface area contributed by atoms with Gasteiger partial charge in [0, 0.05) is 5.41 Å². The van der Waals surface area contributed by atoms with Gasteiger partial charge in [0.25, 0.3) is 5.78 Å². The number of carboxylic acids is 2. The molecule has 0 unspecified atom stereocenters. The van der Waals surface area contributed by atoms with Crippen LogP contribution in [0.15, 0.2) is 0 Å². The number of hydrogen-bond donors (Lipinski definition) is 2. The minimum absolute atomic E-state index is 0. The van der Waals surface area contributed by atoms with Crippen LogP contribution in [0, 0.1) is 63.2 Å². The molecule has 1 aliphatic rings. The molecule has 0 heterocycles. The maximum absolute atomic E-state index is 12.7. The quantitative estimate of drug-likeness (QED) is 0.618. The van der Waals surface area contributed by atoms with Crippen LogP contribution in [0.4, 0.5) is 13.2 Å². The van der Waals surface area contributed by atoms with Gasteiger partial charge in [0.15, 0.2) is 0 Å². The molecule has 2 atom stereocenters. The van der Waals surface area contributed by atoms with E-state index in [1.807, 2.05) is 0 Å². The average Bonchev–Trinajstić information content (AvgIpc) is 2.47. The second-order valence-electron chi connectivity index (χ2n) is 5.80. The van der Waals surface area contributed by atoms with Gasteiger partial charge in [-0.05, 0) is 19.8 Å². The van der Waals surface area contributed by atoms with Crippen molar-refractivity contribution in [3.8, 4) is 0 Å². The van der Waals surface area contributed by atoms with Crippen LogP contribution in [0.1, 0.15) is 33.6 Å². The Balaban J connectivity index is 0.00000400. The number of carboxylic acid groups (broad SMARTS) is 2. The monoisotopic (exact) mass is 470 g/mol. The summed E-state index contributed by atoms with van der Waals surface area (Å²) in [6.07, 6.45) is -6.31. The van der Waals surface area contributed by atoms with Gasteiger partial charge >= 0.3 is 65.0 Å². The Morgan fingerprint density at radius 1 is 0.952 bits per heavy atom. The first-order valence-electron chi connectivity index (χ1n) is 5.83. The third kappa shape index (κ3) is 2.67. The summed E-state index contributed by atoms with van der Waals surface area (Å²) in [7, 11) is 0. The van der Waals surface area contributed by atoms with Crippen LogP contribution < -0.4 is 0 Å². The van der Waals surface area contributed by atoms with E-state index in [0.717, 1.165) is 13.8 Å². The topological polar surface area (TPSA) is 91.7 Å². The minimum Gasteiger partial charge on any atom is -0.481 e. The fourth-order valence-corrected chi connectivity index (χ4v) is 3.02. The zero-order valence-electron chi connectivity index (χ0n) is 11.4. The molecule has 5 nitrogen and oxygen atoms in total. The summed E-state index contributed by atoms with van der Waals surface area (Å²) in [5, 5.41) is 18.5. The molecule has 0 saturated heterocycles. The van der Waals surface area contributed by atoms with Crippen molar-refractivity contribution < 1.29 is 84.7 Å². The summed E-state index contributed by atoms with van der Waals surface area (Å²) in [6.45, 7) is 3.35. The summed E-state index contributed by atoms with van der Waals surface area (Å²) in [5.74, 6) is -5.75. The summed E-state index contributed by atoms with van der Waals surface area (Å²) in [5.41, 5.74) is -6.39. The Bertz CT molecular complexity index is 488. The van der Waals surface area contributed by atoms with Gasteiger partial charge in [-0.1, -0.05) is 13.8 Å². The van der Waals surface area contributed by atoms with E-state index in [-0.39, 0.29) is 53.3 Å². The molecule has 0 aromatic carbocycles. The van der Waals surface area contributed by atoms with E-state index < -0.39 is 46.6 Å². The van der Waals surface area contributed by atoms with E-state index in [1.165, 1.54) is 6.92 Å². The van der Waals surface area contributed by atoms with Crippen LogP contribution in [-0.2, 0) is 14.4 Å². The number of aliphatic carboxylic acids is 2. The van der Waals surface area contributed by atoms with Gasteiger partial charge in [-0.25, -0.2) is 0 Å². The van der Waals surface area contributed by atoms with Crippen LogP contribution in [0.25, 0.3) is 0 Å². The summed E-state index contributed by atoms with van der Waals surface area (Å²) >= 11 is 0. The number of Topliss-reactive ketones (excluding diaryl/α,β-unsaturated/α-hetero) is 1. The molecular formula is C12H15F3O5Yb+3. The van der Waals surface area contributed by atoms with Crippen molar-refractivity contribution in [1.29, 1.82) is 0 Å². The fourth-order valence-electron chi connectivity index (χ4n) is 3.02. The van der Waals surface area contributed by atoms with Gasteiger partial charge in [0.1, 0.15) is 5.41 Å². The Labute approximate surface area is 157 Å². The number of carbonyl (C=O) groups is 3. The normalized spacial score (nSPS) is 31.3. The molecule has 9 heteroatoms. The molecule has 125 valence electrons. The largest absolute Gasteiger partial charge is 3.00 e. The van der Waals surface area contributed by atoms with Gasteiger partial charge in [0.2, 0.25) is 0 Å². The van der Waals surface area contributed by atoms with Gasteiger partial charge < -0.3 is 10.2 Å². The van der Waals surface area contributed by atoms with E-state index in [2.05, 4.69) is 0 Å². The molecule has 1 radical (unpaired) electrons. The van der Waals surface area contributed by atoms with Crippen molar-refractivity contribution in [3.63, 3.8) is 0 Å². The predicted octanol–water partition coefficient (Wildman–Crippen LogP) is 2.10. The number of alkyl halides is 3. The fraction of sp³-hybridized carbons (Fsp3) is 0.750. The van der Waals surface area contributed by atoms with Gasteiger partial charge in [0.05, 0.1) is 5.41 Å². The molecule has 2 N–H and O–H groups in total. The van der Waals surface area contributed by atoms with E-state index >= 15 is 0 Å². The zero-order chi connectivity index (χ0) is 16.1. The van der Waals surface area contributed by atoms with Crippen LogP contribution >= 0.6 is 0 Å². The zero-order valence-corrected chi connectivity index (χ0v) is 13.1. The van der Waals surface area contributed by atoms with Crippen molar-refractivity contribution in [2.24, 2.45) is 16.2 Å². The molecule has 1 rings (SSSR count). The maximum atomic E-state index is 12.7. The average molecular weight is 469 g/mol. The minimum atomic E-state index is -5.33. The van der Waals surface area contributed by atoms with Crippen molar-refractivity contribution in [3.05, 3.63) is 0 Å². The smallest absolute Gasteiger partial charge is 0.481 e. The molecule has 0 spiro atoms. The SMILES string of the molecule is CC1(C)[C@](C(=O)O)(C(=O)C(F)(F)F)CC[C@@]1(C)C(=O)O.[Yb+3]. The Hall–Kier alpha value is -0.0805. The number of hydrogen-bond acceptors (Lipinski definition) is 3. The van der Waals surface area contributed by atoms with E-state index in [0.29, 0.717) is 0 Å². The number of ketones is 1. The van der Waals surface area contributed by atoms with Crippen LogP contribution in [0.2, 0.25) is 0 Å². The summed E-state index contributed by atoms with van der Waals surface area (Å²) in [4.78, 5) is 34.4. The number of carbonyl (C=O) groups excluding carboxylic acids is 1. The van der Waals surface area contributed by atoms with Crippen LogP contribution in [0.3, 0.4) is 0 Å². The van der Waals surface area contributed by atoms with E-state index in [9.17, 15) is 37.8 Å². The molecule has 0 aliphatic heterocycles. The molecule has 0 bridgehead atoms. The van der Waals surface area contributed by atoms with E-state index in [1.54, 1.807) is 0 Å². The Morgan fingerprint density at radius 3 is 1.62 bits per heavy atom. The Kier molecular flexibility index (Phi) is 5.82. The first kappa shape index (κ1) is 20.9. The standard InChI is InChI=1S/C12H15F3O5.Yb/c1-9(2)10(3,7(17)18)4-5-11(9,8(19)20)6(16)12(13,14)15;/h4-5H2,1-3H3,(H,17,18)(H,19,20);/q;+3/t10-,11-;/m0./s1. The second kappa shape index (κ2) is 5.85. The molecule has 0 amide bonds. The van der Waals surface area contributed by atoms with Gasteiger partial charge in [-0.2, -0.15) is 13.2 Å². The second-order valence-corrected chi connectivity index (χ2v) is 5.80. The van der Waals surface area contributed by atoms with Gasteiger partial charge in [-0.3, -0.25) is 14.4 Å².